The van der Waals surface area contributed by atoms with Gasteiger partial charge in [0.1, 0.15) is 0 Å². The van der Waals surface area contributed by atoms with E-state index >= 15 is 0 Å². The van der Waals surface area contributed by atoms with E-state index in [0.717, 1.165) is 93.5 Å². The van der Waals surface area contributed by atoms with Gasteiger partial charge in [-0.15, -0.1) is 9.05 Å². The molecule has 0 fully saturated rings. The van der Waals surface area contributed by atoms with Gasteiger partial charge in [0, 0.05) is 0 Å². The van der Waals surface area contributed by atoms with Crippen molar-refractivity contribution in [1.29, 1.82) is 0 Å². The summed E-state index contributed by atoms with van der Waals surface area (Å²) in [5, 5.41) is 0. The molecule has 0 aliphatic carbocycles. The van der Waals surface area contributed by atoms with Crippen LogP contribution in [0.5, 0.6) is 0 Å². The third kappa shape index (κ3) is 59.2. The Morgan fingerprint density at radius 3 is 1.30 bits per heavy atom. The van der Waals surface area contributed by atoms with E-state index in [1.54, 1.807) is 0 Å². The summed E-state index contributed by atoms with van der Waals surface area (Å²) in [4.78, 5) is 0. The second-order valence-corrected chi connectivity index (χ2v) is 23.3. The van der Waals surface area contributed by atoms with Crippen molar-refractivity contribution in [3.05, 3.63) is 0 Å². The summed E-state index contributed by atoms with van der Waals surface area (Å²) in [7, 11) is -4.33. The predicted octanol–water partition coefficient (Wildman–Crippen LogP) is -7.11. The van der Waals surface area contributed by atoms with Crippen molar-refractivity contribution in [1.82, 2.24) is 0 Å². The topological polar surface area (TPSA) is 63.2 Å². The molecule has 3 nitrogen and oxygen atoms in total. The molecular formula is K4O3S3. The molecule has 0 spiro atoms. The molecule has 0 unspecified atom stereocenters. The molecule has 0 aliphatic rings. The SMILES string of the molecule is O=S([O-])([O-])=S.[K+].[K+].[K][S][K]. The fourth-order valence-corrected chi connectivity index (χ4v) is 0. The first kappa shape index (κ1) is 25.9. The summed E-state index contributed by atoms with van der Waals surface area (Å²) in [6, 6.07) is 0. The first-order valence-electron chi connectivity index (χ1n) is 1.48. The van der Waals surface area contributed by atoms with Crippen LogP contribution in [0.4, 0.5) is 0 Å². The summed E-state index contributed by atoms with van der Waals surface area (Å²) >= 11 is 5.45. The molecule has 0 N–H and O–H groups in total. The van der Waals surface area contributed by atoms with Crippen LogP contribution >= 0.6 is -4.66 Å². The van der Waals surface area contributed by atoms with E-state index in [4.69, 9.17) is 13.3 Å². The maximum atomic E-state index is 8.89. The Labute approximate surface area is 216 Å². The second kappa shape index (κ2) is 18.5. The zero-order valence-corrected chi connectivity index (χ0v) is 21.4. The molecule has 40 valence electrons. The van der Waals surface area contributed by atoms with Crippen molar-refractivity contribution in [2.75, 3.05) is 0 Å². The van der Waals surface area contributed by atoms with Gasteiger partial charge in [0.2, 0.25) is 0 Å². The predicted molar refractivity (Wildman–Crippen MR) is 36.2 cm³/mol. The molecule has 0 amide bonds. The summed E-state index contributed by atoms with van der Waals surface area (Å²) < 4.78 is 28.8. The molecule has 0 rings (SSSR count). The first-order valence-corrected chi connectivity index (χ1v) is 13.1. The Morgan fingerprint density at radius 1 is 1.30 bits per heavy atom. The zero-order valence-electron chi connectivity index (χ0n) is 6.45. The average Bonchev–Trinajstić information content (AvgIpc) is 1.27. The van der Waals surface area contributed by atoms with Crippen molar-refractivity contribution in [3.63, 3.8) is 0 Å². The molecule has 0 saturated heterocycles. The van der Waals surface area contributed by atoms with Crippen molar-refractivity contribution in [3.8, 4) is 0 Å². The van der Waals surface area contributed by atoms with Gasteiger partial charge in [-0.3, -0.25) is 4.21 Å². The molecule has 0 bridgehead atoms. The van der Waals surface area contributed by atoms with E-state index in [1.165, 1.54) is 0 Å². The van der Waals surface area contributed by atoms with Crippen LogP contribution < -0.4 is 103 Å². The van der Waals surface area contributed by atoms with Crippen LogP contribution in [0, 0.1) is 0 Å². The van der Waals surface area contributed by atoms with Crippen molar-refractivity contribution >= 4 is 109 Å². The van der Waals surface area contributed by atoms with E-state index in [9.17, 15) is 0 Å². The standard InChI is InChI=1S/4K.H2O3S2.S/c;;;;1-5(2,3)4;/h;;;;(H2,1,2,3,4);/q;;2*+1;;/p-2. The Kier molecular flexibility index (Phi) is 48.0. The van der Waals surface area contributed by atoms with Gasteiger partial charge in [-0.05, 0) is 11.2 Å². The molecule has 0 saturated carbocycles. The van der Waals surface area contributed by atoms with Gasteiger partial charge >= 0.3 is 192 Å². The van der Waals surface area contributed by atoms with Gasteiger partial charge in [-0.2, -0.15) is 0 Å². The summed E-state index contributed by atoms with van der Waals surface area (Å²) in [5.74, 6) is 0. The van der Waals surface area contributed by atoms with Crippen LogP contribution in [-0.2, 0) is 20.2 Å². The average molecular weight is 301 g/mol. The normalized spacial score (nSPS) is 7.80. The van der Waals surface area contributed by atoms with Gasteiger partial charge in [-0.1, -0.05) is 0 Å². The number of hydrogen-bond donors (Lipinski definition) is 0. The molecule has 0 aromatic rings. The van der Waals surface area contributed by atoms with Crippen molar-refractivity contribution in [2.45, 2.75) is 0 Å². The fourth-order valence-electron chi connectivity index (χ4n) is 0. The first-order chi connectivity index (χ1) is 3.41. The van der Waals surface area contributed by atoms with Crippen LogP contribution in [0.1, 0.15) is 0 Å². The monoisotopic (exact) mass is 300 g/mol. The second-order valence-electron chi connectivity index (χ2n) is 0.816. The van der Waals surface area contributed by atoms with Crippen LogP contribution in [0.25, 0.3) is 0 Å². The Balaban J connectivity index is -0.0000000326. The van der Waals surface area contributed by atoms with Gasteiger partial charge in [0.25, 0.3) is 0 Å². The van der Waals surface area contributed by atoms with E-state index in [1.807, 2.05) is 0 Å². The molecule has 10 heteroatoms. The van der Waals surface area contributed by atoms with Crippen LogP contribution in [0.2, 0.25) is 0 Å². The molecule has 0 heterocycles. The Hall–Kier alpha value is 7.19. The Bertz CT molecular complexity index is 110. The van der Waals surface area contributed by atoms with E-state index in [0.29, 0.717) is 0 Å². The van der Waals surface area contributed by atoms with Crippen LogP contribution in [0.3, 0.4) is 0 Å². The quantitative estimate of drug-likeness (QED) is 0.416. The third-order valence-corrected chi connectivity index (χ3v) is 0. The van der Waals surface area contributed by atoms with Crippen LogP contribution in [-0.4, -0.2) is 107 Å². The van der Waals surface area contributed by atoms with Crippen molar-refractivity contribution < 1.29 is 116 Å². The van der Waals surface area contributed by atoms with Gasteiger partial charge in [-0.25, -0.2) is 0 Å². The molecular weight excluding hydrogens is 301 g/mol. The van der Waals surface area contributed by atoms with E-state index in [-0.39, 0.29) is 103 Å². The van der Waals surface area contributed by atoms with E-state index in [2.05, 4.69) is 6.53 Å². The zero-order chi connectivity index (χ0) is 7.21. The number of hydrogen-bond acceptors (Lipinski definition) is 5. The maximum absolute atomic E-state index is 8.89. The minimum absolute atomic E-state index is 0. The van der Waals surface area contributed by atoms with Crippen molar-refractivity contribution in [2.24, 2.45) is 0 Å². The summed E-state index contributed by atoms with van der Waals surface area (Å²) in [5.41, 5.74) is 0. The molecule has 0 aromatic carbocycles. The molecule has 10 heavy (non-hydrogen) atoms. The van der Waals surface area contributed by atoms with E-state index < -0.39 is 9.05 Å². The molecule has 0 atom stereocenters. The minimum atomic E-state index is -4.33. The van der Waals surface area contributed by atoms with Gasteiger partial charge in [0.05, 0.1) is 0 Å². The van der Waals surface area contributed by atoms with Gasteiger partial charge in [0.15, 0.2) is 0 Å². The third-order valence-electron chi connectivity index (χ3n) is 0. The summed E-state index contributed by atoms with van der Waals surface area (Å²) in [6.07, 6.45) is 0. The summed E-state index contributed by atoms with van der Waals surface area (Å²) in [6.45, 7) is 0. The van der Waals surface area contributed by atoms with Gasteiger partial charge < -0.3 is 9.11 Å². The molecule has 0 radical (unpaired) electrons. The Morgan fingerprint density at radius 2 is 1.30 bits per heavy atom. The molecule has 0 aromatic heterocycles. The van der Waals surface area contributed by atoms with Crippen LogP contribution in [0.15, 0.2) is 0 Å². The number of rotatable bonds is 0. The fraction of sp³-hybridized carbons (Fsp3) is 0. The molecule has 0 aliphatic heterocycles.